The van der Waals surface area contributed by atoms with Crippen LogP contribution < -0.4 is 99.8 Å². The Hall–Kier alpha value is 4.33. The second-order valence-corrected chi connectivity index (χ2v) is 0. The Morgan fingerprint density at radius 2 is 0.750 bits per heavy atom. The molecule has 0 amide bonds. The van der Waals surface area contributed by atoms with Gasteiger partial charge in [0, 0.05) is 0 Å². The van der Waals surface area contributed by atoms with Crippen molar-refractivity contribution in [2.75, 3.05) is 0 Å². The van der Waals surface area contributed by atoms with Crippen molar-refractivity contribution in [1.82, 2.24) is 0 Å². The van der Waals surface area contributed by atoms with Crippen LogP contribution in [0, 0.1) is 0 Å². The molecular formula is H13CaKLiNaO4. The predicted molar refractivity (Wildman–Crippen MR) is 25.8 cm³/mol. The molecule has 0 heterocycles. The summed E-state index contributed by atoms with van der Waals surface area (Å²) in [5.74, 6) is 0. The van der Waals surface area contributed by atoms with Crippen molar-refractivity contribution in [2.24, 2.45) is 0 Å². The molecular weight excluding hydrogens is 173 g/mol. The fourth-order valence-corrected chi connectivity index (χ4v) is 0. The van der Waals surface area contributed by atoms with Crippen LogP contribution in [0.15, 0.2) is 0 Å². The van der Waals surface area contributed by atoms with Gasteiger partial charge in [-0.2, -0.15) is 0 Å². The second-order valence-electron chi connectivity index (χ2n) is 0. The Balaban J connectivity index is 0. The van der Waals surface area contributed by atoms with E-state index >= 15 is 0 Å². The third-order valence-electron chi connectivity index (χ3n) is 0. The van der Waals surface area contributed by atoms with Gasteiger partial charge in [-0.05, 0) is 0 Å². The molecule has 4 nitrogen and oxygen atoms in total. The molecule has 0 fully saturated rings. The van der Waals surface area contributed by atoms with Crippen molar-refractivity contribution in [3.8, 4) is 0 Å². The third-order valence-corrected chi connectivity index (χ3v) is 0. The molecule has 0 saturated heterocycles. The molecule has 0 aliphatic rings. The summed E-state index contributed by atoms with van der Waals surface area (Å²) < 4.78 is 0. The summed E-state index contributed by atoms with van der Waals surface area (Å²) in [6.07, 6.45) is 0. The molecule has 8 heavy (non-hydrogen) atoms. The van der Waals surface area contributed by atoms with E-state index in [0.29, 0.717) is 0 Å². The second kappa shape index (κ2) is 64.4. The van der Waals surface area contributed by atoms with E-state index in [-0.39, 0.29) is 167 Å². The third kappa shape index (κ3) is 47.9. The van der Waals surface area contributed by atoms with Crippen LogP contribution in [0.25, 0.3) is 0 Å². The van der Waals surface area contributed by atoms with Gasteiger partial charge in [-0.3, -0.25) is 0 Å². The minimum absolute atomic E-state index is 0. The molecule has 0 unspecified atom stereocenters. The Kier molecular flexibility index (Phi) is 680. The van der Waals surface area contributed by atoms with Gasteiger partial charge in [0.1, 0.15) is 0 Å². The van der Waals surface area contributed by atoms with Crippen LogP contribution in [-0.4, -0.2) is 59.6 Å². The summed E-state index contributed by atoms with van der Waals surface area (Å²) in [5, 5.41) is 0. The van der Waals surface area contributed by atoms with E-state index < -0.39 is 0 Å². The first kappa shape index (κ1) is 84.4. The average Bonchev–Trinajstić information content (AvgIpc) is 0. The summed E-state index contributed by atoms with van der Waals surface area (Å²) in [5.41, 5.74) is 0. The van der Waals surface area contributed by atoms with Crippen LogP contribution in [0.4, 0.5) is 0 Å². The molecule has 0 saturated carbocycles. The zero-order valence-electron chi connectivity index (χ0n) is 10.7. The maximum absolute atomic E-state index is 0. The molecule has 0 rings (SSSR count). The van der Waals surface area contributed by atoms with Gasteiger partial charge < -0.3 is 29.0 Å². The zero-order chi connectivity index (χ0) is 0. The molecule has 0 spiro atoms. The smallest absolute Gasteiger partial charge is 1.00 e. The number of rotatable bonds is 0. The van der Waals surface area contributed by atoms with E-state index in [4.69, 9.17) is 0 Å². The van der Waals surface area contributed by atoms with Gasteiger partial charge >= 0.3 is 138 Å². The topological polar surface area (TPSA) is 126 Å². The van der Waals surface area contributed by atoms with Crippen LogP contribution in [0.5, 0.6) is 0 Å². The summed E-state index contributed by atoms with van der Waals surface area (Å²) in [6, 6.07) is 0. The van der Waals surface area contributed by atoms with Gasteiger partial charge in [-0.15, -0.1) is 0 Å². The van der Waals surface area contributed by atoms with Gasteiger partial charge in [0.05, 0.1) is 0 Å². The molecule has 0 atom stereocenters. The Morgan fingerprint density at radius 3 is 0.750 bits per heavy atom. The van der Waals surface area contributed by atoms with Crippen molar-refractivity contribution in [3.63, 3.8) is 0 Å². The van der Waals surface area contributed by atoms with Gasteiger partial charge in [0.2, 0.25) is 0 Å². The first-order valence-corrected chi connectivity index (χ1v) is 0. The molecule has 0 aliphatic carbocycles. The van der Waals surface area contributed by atoms with E-state index in [9.17, 15) is 0 Å². The van der Waals surface area contributed by atoms with Gasteiger partial charge in [-0.1, -0.05) is 0 Å². The number of hydrogen-bond acceptors (Lipinski definition) is 0. The van der Waals surface area contributed by atoms with E-state index in [1.54, 1.807) is 0 Å². The Bertz CT molecular complexity index is 28.5. The molecule has 0 bridgehead atoms. The van der Waals surface area contributed by atoms with Crippen molar-refractivity contribution in [3.05, 3.63) is 0 Å². The summed E-state index contributed by atoms with van der Waals surface area (Å²) in [6.45, 7) is 0. The van der Waals surface area contributed by atoms with Crippen LogP contribution in [0.1, 0.15) is 7.13 Å². The molecule has 0 aromatic heterocycles. The fraction of sp³-hybridized carbons (Fsp3) is 0. The maximum atomic E-state index is 0. The molecule has 0 aromatic carbocycles. The van der Waals surface area contributed by atoms with Gasteiger partial charge in [0.25, 0.3) is 0 Å². The van der Waals surface area contributed by atoms with Crippen LogP contribution in [0.3, 0.4) is 0 Å². The van der Waals surface area contributed by atoms with E-state index in [0.717, 1.165) is 0 Å². The predicted octanol–water partition coefficient (Wildman–Crippen LogP) is -12.1. The first-order valence-electron chi connectivity index (χ1n) is 0. The molecule has 42 valence electrons. The van der Waals surface area contributed by atoms with E-state index in [1.807, 2.05) is 0 Å². The van der Waals surface area contributed by atoms with Gasteiger partial charge in [-0.25, -0.2) is 0 Å². The summed E-state index contributed by atoms with van der Waals surface area (Å²) in [7, 11) is 0. The minimum Gasteiger partial charge on any atom is -1.00 e. The largest absolute Gasteiger partial charge is 2.00 e. The average molecular weight is 186 g/mol. The summed E-state index contributed by atoms with van der Waals surface area (Å²) in [4.78, 5) is 0. The van der Waals surface area contributed by atoms with Crippen LogP contribution in [0.2, 0.25) is 0 Å². The van der Waals surface area contributed by atoms with Gasteiger partial charge in [0.15, 0.2) is 0 Å². The fourth-order valence-electron chi connectivity index (χ4n) is 0. The number of hydrogen-bond donors (Lipinski definition) is 0. The van der Waals surface area contributed by atoms with Crippen LogP contribution in [-0.2, 0) is 0 Å². The normalized spacial score (nSPS) is 0. The maximum Gasteiger partial charge on any atom is 2.00 e. The Morgan fingerprint density at radius 1 is 0.750 bits per heavy atom. The zero-order valence-corrected chi connectivity index (χ0v) is 13.0. The Labute approximate surface area is 162 Å². The molecule has 0 aromatic rings. The van der Waals surface area contributed by atoms with Crippen molar-refractivity contribution >= 4 is 37.7 Å². The van der Waals surface area contributed by atoms with Crippen LogP contribution >= 0.6 is 0 Å². The first-order chi connectivity index (χ1) is 0. The van der Waals surface area contributed by atoms with E-state index in [2.05, 4.69) is 0 Å². The SMILES string of the molecule is O.O.O.O.[Ca+2].[H-].[H-].[H-].[H-].[H-].[K+].[Li+].[Na+]. The summed E-state index contributed by atoms with van der Waals surface area (Å²) >= 11 is 0. The van der Waals surface area contributed by atoms with Crippen molar-refractivity contribution < 1.29 is 129 Å². The molecule has 0 aliphatic heterocycles. The standard InChI is InChI=1S/Ca.K.Li.Na.4H2O.5H/h;;;;4*1H2;;;;;/q+2;3*+1;;;;;5*-1. The quantitative estimate of drug-likeness (QED) is 0.333. The van der Waals surface area contributed by atoms with Crippen molar-refractivity contribution in [1.29, 1.82) is 0 Å². The molecule has 8 heteroatoms. The molecule has 0 radical (unpaired) electrons. The molecule has 8 N–H and O–H groups in total. The minimum atomic E-state index is 0. The van der Waals surface area contributed by atoms with E-state index in [1.165, 1.54) is 0 Å². The van der Waals surface area contributed by atoms with Crippen molar-refractivity contribution in [2.45, 2.75) is 0 Å². The monoisotopic (exact) mass is 186 g/mol.